The highest BCUT2D eigenvalue weighted by molar-refractivity contribution is 8.00. The van der Waals surface area contributed by atoms with Crippen molar-refractivity contribution in [2.24, 2.45) is 0 Å². The Morgan fingerprint density at radius 1 is 1.53 bits per heavy atom. The van der Waals surface area contributed by atoms with Gasteiger partial charge in [-0.1, -0.05) is 6.42 Å². The molecule has 1 aliphatic rings. The van der Waals surface area contributed by atoms with Gasteiger partial charge < -0.3 is 10.4 Å². The van der Waals surface area contributed by atoms with E-state index in [1.54, 1.807) is 0 Å². The number of nitrogens with one attached hydrogen (secondary N) is 1. The summed E-state index contributed by atoms with van der Waals surface area (Å²) in [5.74, 6) is 0.275. The number of hydrogen-bond acceptors (Lipinski definition) is 3. The largest absolute Gasteiger partial charge is 0.481 e. The third-order valence-corrected chi connectivity index (χ3v) is 4.05. The highest BCUT2D eigenvalue weighted by Crippen LogP contribution is 2.30. The Morgan fingerprint density at radius 2 is 2.33 bits per heavy atom. The second-order valence-electron chi connectivity index (χ2n) is 3.81. The highest BCUT2D eigenvalue weighted by Gasteiger charge is 2.24. The number of carbonyl (C=O) groups is 2. The van der Waals surface area contributed by atoms with E-state index < -0.39 is 5.97 Å². The van der Waals surface area contributed by atoms with Crippen LogP contribution in [0.5, 0.6) is 0 Å². The van der Waals surface area contributed by atoms with Crippen LogP contribution in [0.4, 0.5) is 0 Å². The minimum Gasteiger partial charge on any atom is -0.481 e. The summed E-state index contributed by atoms with van der Waals surface area (Å²) < 4.78 is 0. The Bertz CT molecular complexity index is 223. The number of hydrogen-bond donors (Lipinski definition) is 2. The van der Waals surface area contributed by atoms with Crippen LogP contribution >= 0.6 is 11.8 Å². The maximum Gasteiger partial charge on any atom is 0.303 e. The van der Waals surface area contributed by atoms with Crippen molar-refractivity contribution in [2.75, 3.05) is 5.75 Å². The van der Waals surface area contributed by atoms with Crippen molar-refractivity contribution < 1.29 is 14.7 Å². The molecule has 5 heteroatoms. The molecule has 2 atom stereocenters. The number of unbranched alkanes of at least 4 members (excludes halogenated alkanes) is 1. The van der Waals surface area contributed by atoms with E-state index in [0.717, 1.165) is 37.8 Å². The molecule has 0 radical (unpaired) electrons. The van der Waals surface area contributed by atoms with E-state index in [9.17, 15) is 9.59 Å². The first-order valence-corrected chi connectivity index (χ1v) is 6.30. The predicted molar refractivity (Wildman–Crippen MR) is 60.0 cm³/mol. The van der Waals surface area contributed by atoms with Gasteiger partial charge >= 0.3 is 5.97 Å². The molecule has 0 aliphatic carbocycles. The normalized spacial score (nSPS) is 25.1. The number of amides is 1. The standard InChI is InChI=1S/C10H17NO3S/c12-7-11-8-5-9(15-6-8)3-1-2-4-10(13)14/h7-9H,1-6H2,(H,11,12)(H,13,14)/t8-,9+/m0/s1. The van der Waals surface area contributed by atoms with Crippen LogP contribution in [0.2, 0.25) is 0 Å². The predicted octanol–water partition coefficient (Wildman–Crippen LogP) is 1.25. The number of aliphatic carboxylic acids is 1. The second kappa shape index (κ2) is 6.71. The summed E-state index contributed by atoms with van der Waals surface area (Å²) in [6.07, 6.45) is 4.85. The number of thioether (sulfide) groups is 1. The Kier molecular flexibility index (Phi) is 5.53. The molecule has 0 aromatic rings. The molecule has 86 valence electrons. The van der Waals surface area contributed by atoms with Crippen LogP contribution in [0, 0.1) is 0 Å². The van der Waals surface area contributed by atoms with Crippen molar-refractivity contribution in [1.29, 1.82) is 0 Å². The molecule has 1 fully saturated rings. The van der Waals surface area contributed by atoms with E-state index >= 15 is 0 Å². The van der Waals surface area contributed by atoms with Gasteiger partial charge in [-0.2, -0.15) is 11.8 Å². The molecule has 2 N–H and O–H groups in total. The molecule has 0 spiro atoms. The summed E-state index contributed by atoms with van der Waals surface area (Å²) in [5, 5.41) is 11.8. The van der Waals surface area contributed by atoms with Crippen LogP contribution in [-0.2, 0) is 9.59 Å². The lowest BCUT2D eigenvalue weighted by Crippen LogP contribution is -2.27. The number of rotatable bonds is 7. The lowest BCUT2D eigenvalue weighted by molar-refractivity contribution is -0.137. The van der Waals surface area contributed by atoms with E-state index in [0.29, 0.717) is 11.3 Å². The van der Waals surface area contributed by atoms with E-state index in [-0.39, 0.29) is 6.42 Å². The van der Waals surface area contributed by atoms with Crippen LogP contribution in [0.15, 0.2) is 0 Å². The molecule has 0 aromatic carbocycles. The highest BCUT2D eigenvalue weighted by atomic mass is 32.2. The summed E-state index contributed by atoms with van der Waals surface area (Å²) in [6, 6.07) is 0.317. The summed E-state index contributed by atoms with van der Waals surface area (Å²) in [6.45, 7) is 0. The van der Waals surface area contributed by atoms with E-state index in [1.165, 1.54) is 0 Å². The van der Waals surface area contributed by atoms with E-state index in [1.807, 2.05) is 11.8 Å². The van der Waals surface area contributed by atoms with Crippen LogP contribution in [-0.4, -0.2) is 34.5 Å². The maximum absolute atomic E-state index is 10.3. The molecule has 0 unspecified atom stereocenters. The zero-order valence-electron chi connectivity index (χ0n) is 8.65. The third kappa shape index (κ3) is 5.06. The van der Waals surface area contributed by atoms with Crippen LogP contribution in [0.25, 0.3) is 0 Å². The van der Waals surface area contributed by atoms with Crippen LogP contribution in [0.1, 0.15) is 32.1 Å². The fourth-order valence-corrected chi connectivity index (χ4v) is 3.21. The third-order valence-electron chi connectivity index (χ3n) is 2.55. The Morgan fingerprint density at radius 3 is 3.00 bits per heavy atom. The molecule has 0 saturated carbocycles. The molecule has 1 saturated heterocycles. The average Bonchev–Trinajstić information content (AvgIpc) is 2.61. The fraction of sp³-hybridized carbons (Fsp3) is 0.800. The smallest absolute Gasteiger partial charge is 0.303 e. The number of carboxylic acids is 1. The Balaban J connectivity index is 2.03. The molecule has 0 aromatic heterocycles. The molecule has 1 heterocycles. The quantitative estimate of drug-likeness (QED) is 0.511. The zero-order chi connectivity index (χ0) is 11.1. The van der Waals surface area contributed by atoms with Gasteiger partial charge in [0.25, 0.3) is 0 Å². The molecule has 1 aliphatic heterocycles. The van der Waals surface area contributed by atoms with Gasteiger partial charge in [-0.15, -0.1) is 0 Å². The van der Waals surface area contributed by atoms with Gasteiger partial charge in [0.2, 0.25) is 6.41 Å². The fourth-order valence-electron chi connectivity index (χ4n) is 1.77. The molecule has 1 amide bonds. The Labute approximate surface area is 93.8 Å². The van der Waals surface area contributed by atoms with Gasteiger partial charge in [0.15, 0.2) is 0 Å². The van der Waals surface area contributed by atoms with Crippen LogP contribution < -0.4 is 5.32 Å². The van der Waals surface area contributed by atoms with Gasteiger partial charge in [-0.05, 0) is 19.3 Å². The average molecular weight is 231 g/mol. The minimum atomic E-state index is -0.713. The van der Waals surface area contributed by atoms with Gasteiger partial charge in [-0.25, -0.2) is 0 Å². The SMILES string of the molecule is O=CN[C@@H]1CS[C@H](CCCCC(=O)O)C1. The van der Waals surface area contributed by atoms with Crippen molar-refractivity contribution in [1.82, 2.24) is 5.32 Å². The van der Waals surface area contributed by atoms with Gasteiger partial charge in [0.1, 0.15) is 0 Å². The first-order valence-electron chi connectivity index (χ1n) is 5.25. The first-order chi connectivity index (χ1) is 7.22. The molecular formula is C10H17NO3S. The van der Waals surface area contributed by atoms with Gasteiger partial charge in [0, 0.05) is 23.5 Å². The molecule has 1 rings (SSSR count). The van der Waals surface area contributed by atoms with Gasteiger partial charge in [0.05, 0.1) is 0 Å². The van der Waals surface area contributed by atoms with Crippen LogP contribution in [0.3, 0.4) is 0 Å². The van der Waals surface area contributed by atoms with Crippen molar-refractivity contribution in [3.8, 4) is 0 Å². The summed E-state index contributed by atoms with van der Waals surface area (Å²) >= 11 is 1.88. The lowest BCUT2D eigenvalue weighted by atomic mass is 10.1. The monoisotopic (exact) mass is 231 g/mol. The summed E-state index contributed by atoms with van der Waals surface area (Å²) in [5.41, 5.74) is 0. The topological polar surface area (TPSA) is 66.4 Å². The van der Waals surface area contributed by atoms with Crippen molar-refractivity contribution in [3.05, 3.63) is 0 Å². The van der Waals surface area contributed by atoms with Crippen molar-refractivity contribution in [2.45, 2.75) is 43.4 Å². The molecular weight excluding hydrogens is 214 g/mol. The molecule has 4 nitrogen and oxygen atoms in total. The number of carbonyl (C=O) groups excluding carboxylic acids is 1. The molecule has 15 heavy (non-hydrogen) atoms. The lowest BCUT2D eigenvalue weighted by Gasteiger charge is -2.08. The van der Waals surface area contributed by atoms with Gasteiger partial charge in [-0.3, -0.25) is 9.59 Å². The first kappa shape index (κ1) is 12.4. The zero-order valence-corrected chi connectivity index (χ0v) is 9.46. The number of carboxylic acid groups (broad SMARTS) is 1. The second-order valence-corrected chi connectivity index (χ2v) is 5.15. The summed E-state index contributed by atoms with van der Waals surface area (Å²) in [4.78, 5) is 20.5. The minimum absolute atomic E-state index is 0.271. The molecule has 0 bridgehead atoms. The van der Waals surface area contributed by atoms with Crippen molar-refractivity contribution in [3.63, 3.8) is 0 Å². The Hall–Kier alpha value is -0.710. The van der Waals surface area contributed by atoms with E-state index in [2.05, 4.69) is 5.32 Å². The van der Waals surface area contributed by atoms with Crippen molar-refractivity contribution >= 4 is 24.1 Å². The summed E-state index contributed by atoms with van der Waals surface area (Å²) in [7, 11) is 0. The maximum atomic E-state index is 10.3. The van der Waals surface area contributed by atoms with E-state index in [4.69, 9.17) is 5.11 Å².